The predicted molar refractivity (Wildman–Crippen MR) is 95.1 cm³/mol. The van der Waals surface area contributed by atoms with Gasteiger partial charge in [-0.3, -0.25) is 4.79 Å². The van der Waals surface area contributed by atoms with Crippen molar-refractivity contribution in [1.82, 2.24) is 4.90 Å². The third-order valence-electron chi connectivity index (χ3n) is 4.42. The van der Waals surface area contributed by atoms with Crippen LogP contribution in [0.15, 0.2) is 45.3 Å². The zero-order valence-electron chi connectivity index (χ0n) is 13.4. The van der Waals surface area contributed by atoms with Gasteiger partial charge in [0.2, 0.25) is 5.91 Å². The third kappa shape index (κ3) is 3.88. The highest BCUT2D eigenvalue weighted by atomic mass is 79.9. The minimum Gasteiger partial charge on any atom is -0.461 e. The third-order valence-corrected chi connectivity index (χ3v) is 5.11. The molecule has 0 saturated carbocycles. The van der Waals surface area contributed by atoms with Gasteiger partial charge in [-0.2, -0.15) is 5.26 Å². The summed E-state index contributed by atoms with van der Waals surface area (Å²) in [5.74, 6) is 1.87. The van der Waals surface area contributed by atoms with Crippen LogP contribution in [0.5, 0.6) is 0 Å². The molecule has 1 amide bonds. The number of likely N-dealkylation sites (tertiary alicyclic amines) is 1. The van der Waals surface area contributed by atoms with Gasteiger partial charge in [-0.1, -0.05) is 34.1 Å². The lowest BCUT2D eigenvalue weighted by Crippen LogP contribution is -2.38. The lowest BCUT2D eigenvalue weighted by Gasteiger charge is -2.29. The Kier molecular flexibility index (Phi) is 5.37. The second-order valence-corrected chi connectivity index (χ2v) is 6.88. The second kappa shape index (κ2) is 7.67. The molecule has 1 fully saturated rings. The van der Waals surface area contributed by atoms with Crippen LogP contribution in [0.1, 0.15) is 25.0 Å². The number of benzene rings is 1. The van der Waals surface area contributed by atoms with E-state index in [0.717, 1.165) is 34.4 Å². The lowest BCUT2D eigenvalue weighted by atomic mass is 9.98. The zero-order valence-corrected chi connectivity index (χ0v) is 15.0. The van der Waals surface area contributed by atoms with Gasteiger partial charge in [-0.05, 0) is 31.0 Å². The summed E-state index contributed by atoms with van der Waals surface area (Å²) in [5.41, 5.74) is 1.01. The van der Waals surface area contributed by atoms with Crippen LogP contribution < -0.4 is 0 Å². The van der Waals surface area contributed by atoms with Gasteiger partial charge in [0.25, 0.3) is 0 Å². The smallest absolute Gasteiger partial charge is 0.223 e. The number of piperidine rings is 1. The summed E-state index contributed by atoms with van der Waals surface area (Å²) in [6.07, 6.45) is 2.62. The fourth-order valence-electron chi connectivity index (χ4n) is 2.96. The molecule has 3 rings (SSSR count). The number of aryl methyl sites for hydroxylation is 1. The molecule has 2 aromatic rings. The summed E-state index contributed by atoms with van der Waals surface area (Å²) >= 11 is 3.52. The van der Waals surface area contributed by atoms with Crippen LogP contribution in [0.2, 0.25) is 0 Å². The summed E-state index contributed by atoms with van der Waals surface area (Å²) in [5, 5.41) is 8.91. The Labute approximate surface area is 150 Å². The van der Waals surface area contributed by atoms with Gasteiger partial charge in [-0.25, -0.2) is 0 Å². The van der Waals surface area contributed by atoms with E-state index >= 15 is 0 Å². The van der Waals surface area contributed by atoms with Crippen molar-refractivity contribution in [3.63, 3.8) is 0 Å². The number of carbonyl (C=O) groups is 1. The minimum atomic E-state index is 0.103. The lowest BCUT2D eigenvalue weighted by molar-refractivity contribution is -0.132. The quantitative estimate of drug-likeness (QED) is 0.781. The number of rotatable bonds is 4. The minimum absolute atomic E-state index is 0.103. The molecule has 1 aliphatic heterocycles. The van der Waals surface area contributed by atoms with E-state index in [1.807, 2.05) is 41.3 Å². The molecule has 4 nitrogen and oxygen atoms in total. The molecule has 1 aromatic carbocycles. The summed E-state index contributed by atoms with van der Waals surface area (Å²) in [6.45, 7) is 1.38. The van der Waals surface area contributed by atoms with Crippen molar-refractivity contribution in [3.05, 3.63) is 46.6 Å². The van der Waals surface area contributed by atoms with Crippen molar-refractivity contribution in [3.8, 4) is 17.4 Å². The molecule has 0 N–H and O–H groups in total. The number of hydrogen-bond acceptors (Lipinski definition) is 3. The SMILES string of the molecule is N#CC1CCN(C(=O)CCc2ccc(-c3ccccc3Br)o2)CC1. The molecule has 1 aromatic heterocycles. The van der Waals surface area contributed by atoms with Crippen molar-refractivity contribution in [2.24, 2.45) is 5.92 Å². The van der Waals surface area contributed by atoms with E-state index in [0.29, 0.717) is 25.9 Å². The molecule has 1 aliphatic rings. The Balaban J connectivity index is 1.55. The molecule has 0 spiro atoms. The van der Waals surface area contributed by atoms with Crippen LogP contribution in [0.3, 0.4) is 0 Å². The summed E-state index contributed by atoms with van der Waals surface area (Å²) < 4.78 is 6.87. The Morgan fingerprint density at radius 3 is 2.71 bits per heavy atom. The van der Waals surface area contributed by atoms with Gasteiger partial charge in [0, 0.05) is 41.9 Å². The van der Waals surface area contributed by atoms with E-state index in [9.17, 15) is 4.79 Å². The van der Waals surface area contributed by atoms with Crippen molar-refractivity contribution < 1.29 is 9.21 Å². The molecule has 0 unspecified atom stereocenters. The molecule has 124 valence electrons. The first-order valence-corrected chi connectivity index (χ1v) is 8.97. The van der Waals surface area contributed by atoms with E-state index in [4.69, 9.17) is 9.68 Å². The zero-order chi connectivity index (χ0) is 16.9. The van der Waals surface area contributed by atoms with Crippen LogP contribution >= 0.6 is 15.9 Å². The number of amides is 1. The van der Waals surface area contributed by atoms with E-state index < -0.39 is 0 Å². The number of nitrogens with zero attached hydrogens (tertiary/aromatic N) is 2. The number of nitriles is 1. The normalized spacial score (nSPS) is 15.2. The summed E-state index contributed by atoms with van der Waals surface area (Å²) in [6, 6.07) is 14.1. The van der Waals surface area contributed by atoms with Crippen LogP contribution in [0, 0.1) is 17.2 Å². The maximum absolute atomic E-state index is 12.3. The topological polar surface area (TPSA) is 57.2 Å². The first-order valence-electron chi connectivity index (χ1n) is 8.18. The average molecular weight is 387 g/mol. The maximum Gasteiger partial charge on any atom is 0.223 e. The Bertz CT molecular complexity index is 755. The molecular formula is C19H19BrN2O2. The molecule has 0 atom stereocenters. The van der Waals surface area contributed by atoms with E-state index in [-0.39, 0.29) is 11.8 Å². The van der Waals surface area contributed by atoms with E-state index in [1.165, 1.54) is 0 Å². The predicted octanol–water partition coefficient (Wildman–Crippen LogP) is 4.40. The number of carbonyl (C=O) groups excluding carboxylic acids is 1. The molecule has 0 radical (unpaired) electrons. The van der Waals surface area contributed by atoms with Crippen LogP contribution in [-0.2, 0) is 11.2 Å². The summed E-state index contributed by atoms with van der Waals surface area (Å²) in [4.78, 5) is 14.2. The Morgan fingerprint density at radius 1 is 1.25 bits per heavy atom. The van der Waals surface area contributed by atoms with Gasteiger partial charge in [0.05, 0.1) is 6.07 Å². The van der Waals surface area contributed by atoms with Crippen molar-refractivity contribution in [2.45, 2.75) is 25.7 Å². The number of hydrogen-bond donors (Lipinski definition) is 0. The van der Waals surface area contributed by atoms with Crippen LogP contribution in [-0.4, -0.2) is 23.9 Å². The molecule has 2 heterocycles. The van der Waals surface area contributed by atoms with Crippen LogP contribution in [0.4, 0.5) is 0 Å². The van der Waals surface area contributed by atoms with Gasteiger partial charge < -0.3 is 9.32 Å². The molecule has 0 bridgehead atoms. The highest BCUT2D eigenvalue weighted by Gasteiger charge is 2.22. The first kappa shape index (κ1) is 16.8. The van der Waals surface area contributed by atoms with Gasteiger partial charge in [0.15, 0.2) is 0 Å². The highest BCUT2D eigenvalue weighted by molar-refractivity contribution is 9.10. The Hall–Kier alpha value is -2.06. The van der Waals surface area contributed by atoms with Crippen LogP contribution in [0.25, 0.3) is 11.3 Å². The van der Waals surface area contributed by atoms with Crippen molar-refractivity contribution >= 4 is 21.8 Å². The monoisotopic (exact) mass is 386 g/mol. The average Bonchev–Trinajstić information content (AvgIpc) is 3.09. The number of halogens is 1. The van der Waals surface area contributed by atoms with Crippen molar-refractivity contribution in [1.29, 1.82) is 5.26 Å². The molecule has 1 saturated heterocycles. The van der Waals surface area contributed by atoms with E-state index in [2.05, 4.69) is 22.0 Å². The maximum atomic E-state index is 12.3. The second-order valence-electron chi connectivity index (χ2n) is 6.03. The fraction of sp³-hybridized carbons (Fsp3) is 0.368. The number of furan rings is 1. The standard InChI is InChI=1S/C19H19BrN2O2/c20-17-4-2-1-3-16(17)18-7-5-15(24-18)6-8-19(23)22-11-9-14(13-21)10-12-22/h1-5,7,14H,6,8-12H2. The molecule has 5 heteroatoms. The Morgan fingerprint density at radius 2 is 2.00 bits per heavy atom. The molecule has 24 heavy (non-hydrogen) atoms. The van der Waals surface area contributed by atoms with Gasteiger partial charge >= 0.3 is 0 Å². The fourth-order valence-corrected chi connectivity index (χ4v) is 3.44. The molecule has 0 aliphatic carbocycles. The van der Waals surface area contributed by atoms with Crippen molar-refractivity contribution in [2.75, 3.05) is 13.1 Å². The highest BCUT2D eigenvalue weighted by Crippen LogP contribution is 2.29. The largest absolute Gasteiger partial charge is 0.461 e. The van der Waals surface area contributed by atoms with Gasteiger partial charge in [0.1, 0.15) is 11.5 Å². The van der Waals surface area contributed by atoms with Gasteiger partial charge in [-0.15, -0.1) is 0 Å². The van der Waals surface area contributed by atoms with E-state index in [1.54, 1.807) is 0 Å². The molecular weight excluding hydrogens is 368 g/mol. The summed E-state index contributed by atoms with van der Waals surface area (Å²) in [7, 11) is 0. The first-order chi connectivity index (χ1) is 11.7.